The lowest BCUT2D eigenvalue weighted by Crippen LogP contribution is -2.11. The molecule has 0 saturated carbocycles. The Morgan fingerprint density at radius 3 is 2.67 bits per heavy atom. The van der Waals surface area contributed by atoms with Crippen LogP contribution in [0.15, 0.2) is 53.2 Å². The van der Waals surface area contributed by atoms with Crippen molar-refractivity contribution in [3.8, 4) is 11.4 Å². The molecule has 2 aromatic rings. The number of anilines is 1. The number of benzene rings is 1. The average molecular weight is 326 g/mol. The number of rotatable bonds is 7. The minimum absolute atomic E-state index is 0.288. The highest BCUT2D eigenvalue weighted by atomic mass is 16.5. The topological polar surface area (TPSA) is 111 Å². The number of nitrogens with zero attached hydrogens (tertiary/aromatic N) is 3. The molecule has 7 nitrogen and oxygen atoms in total. The van der Waals surface area contributed by atoms with E-state index in [-0.39, 0.29) is 5.84 Å². The predicted molar refractivity (Wildman–Crippen MR) is 97.1 cm³/mol. The van der Waals surface area contributed by atoms with E-state index in [2.05, 4.69) is 20.3 Å². The van der Waals surface area contributed by atoms with Gasteiger partial charge in [-0.2, -0.15) is 0 Å². The van der Waals surface area contributed by atoms with Crippen molar-refractivity contribution in [1.82, 2.24) is 9.97 Å². The molecule has 1 aromatic heterocycles. The van der Waals surface area contributed by atoms with E-state index in [1.165, 1.54) is 0 Å². The fourth-order valence-corrected chi connectivity index (χ4v) is 1.98. The van der Waals surface area contributed by atoms with Gasteiger partial charge >= 0.3 is 0 Å². The normalized spacial score (nSPS) is 12.2. The first-order valence-electron chi connectivity index (χ1n) is 7.53. The monoisotopic (exact) mass is 326 g/mol. The van der Waals surface area contributed by atoms with Crippen LogP contribution in [0.5, 0.6) is 0 Å². The third kappa shape index (κ3) is 5.36. The Morgan fingerprint density at radius 2 is 2.00 bits per heavy atom. The summed E-state index contributed by atoms with van der Waals surface area (Å²) in [6.07, 6.45) is 1.59. The molecule has 24 heavy (non-hydrogen) atoms. The van der Waals surface area contributed by atoms with Gasteiger partial charge in [0, 0.05) is 31.0 Å². The Bertz CT molecular complexity index is 723. The number of allylic oxidation sites excluding steroid dienone is 1. The second-order valence-electron chi connectivity index (χ2n) is 5.15. The van der Waals surface area contributed by atoms with Crippen LogP contribution in [0.3, 0.4) is 0 Å². The smallest absolute Gasteiger partial charge is 0.163 e. The second-order valence-corrected chi connectivity index (χ2v) is 5.15. The highest BCUT2D eigenvalue weighted by Gasteiger charge is 2.06. The zero-order valence-corrected chi connectivity index (χ0v) is 13.9. The molecule has 2 rings (SSSR count). The summed E-state index contributed by atoms with van der Waals surface area (Å²) in [5, 5.41) is 3.18. The lowest BCUT2D eigenvalue weighted by Gasteiger charge is -2.08. The number of hydrogen-bond acceptors (Lipinski definition) is 6. The maximum absolute atomic E-state index is 5.86. The summed E-state index contributed by atoms with van der Waals surface area (Å²) in [5.74, 6) is 1.97. The van der Waals surface area contributed by atoms with Crippen molar-refractivity contribution in [2.24, 2.45) is 16.5 Å². The maximum Gasteiger partial charge on any atom is 0.163 e. The van der Waals surface area contributed by atoms with Crippen molar-refractivity contribution in [1.29, 1.82) is 0 Å². The van der Waals surface area contributed by atoms with Gasteiger partial charge in [0.15, 0.2) is 11.6 Å². The summed E-state index contributed by atoms with van der Waals surface area (Å²) in [7, 11) is 1.65. The van der Waals surface area contributed by atoms with Crippen LogP contribution in [0, 0.1) is 0 Å². The fraction of sp³-hybridized carbons (Fsp3) is 0.235. The SMILES string of the molecule is COCCNc1cc(N=C(N)/C=C(/C)N)nc(-c2ccccc2)n1. The zero-order chi connectivity index (χ0) is 17.4. The van der Waals surface area contributed by atoms with Crippen molar-refractivity contribution in [3.63, 3.8) is 0 Å². The van der Waals surface area contributed by atoms with Crippen LogP contribution in [0.1, 0.15) is 6.92 Å². The third-order valence-corrected chi connectivity index (χ3v) is 2.98. The molecule has 0 amide bonds. The number of ether oxygens (including phenoxy) is 1. The minimum atomic E-state index is 0.288. The number of aliphatic imine (C=N–C) groups is 1. The van der Waals surface area contributed by atoms with E-state index < -0.39 is 0 Å². The molecular formula is C17H22N6O. The van der Waals surface area contributed by atoms with Gasteiger partial charge in [0.25, 0.3) is 0 Å². The molecule has 126 valence electrons. The molecule has 0 unspecified atom stereocenters. The van der Waals surface area contributed by atoms with Crippen LogP contribution < -0.4 is 16.8 Å². The van der Waals surface area contributed by atoms with E-state index >= 15 is 0 Å². The van der Waals surface area contributed by atoms with Crippen molar-refractivity contribution in [3.05, 3.63) is 48.2 Å². The molecule has 0 aliphatic carbocycles. The minimum Gasteiger partial charge on any atom is -0.402 e. The number of nitrogens with one attached hydrogen (secondary N) is 1. The van der Waals surface area contributed by atoms with E-state index in [9.17, 15) is 0 Å². The van der Waals surface area contributed by atoms with Crippen LogP contribution in [-0.4, -0.2) is 36.1 Å². The highest BCUT2D eigenvalue weighted by molar-refractivity contribution is 5.93. The van der Waals surface area contributed by atoms with Crippen molar-refractivity contribution in [2.45, 2.75) is 6.92 Å². The van der Waals surface area contributed by atoms with Gasteiger partial charge in [-0.1, -0.05) is 30.3 Å². The number of aromatic nitrogens is 2. The van der Waals surface area contributed by atoms with Gasteiger partial charge < -0.3 is 21.5 Å². The van der Waals surface area contributed by atoms with Crippen LogP contribution in [-0.2, 0) is 4.74 Å². The number of nitrogens with two attached hydrogens (primary N) is 2. The first-order valence-corrected chi connectivity index (χ1v) is 7.53. The number of amidine groups is 1. The number of hydrogen-bond donors (Lipinski definition) is 3. The van der Waals surface area contributed by atoms with Crippen LogP contribution in [0.2, 0.25) is 0 Å². The van der Waals surface area contributed by atoms with Crippen LogP contribution in [0.25, 0.3) is 11.4 Å². The molecule has 0 saturated heterocycles. The summed E-state index contributed by atoms with van der Waals surface area (Å²) < 4.78 is 5.04. The summed E-state index contributed by atoms with van der Waals surface area (Å²) >= 11 is 0. The summed E-state index contributed by atoms with van der Waals surface area (Å²) in [4.78, 5) is 13.3. The highest BCUT2D eigenvalue weighted by Crippen LogP contribution is 2.21. The van der Waals surface area contributed by atoms with Crippen molar-refractivity contribution in [2.75, 3.05) is 25.6 Å². The predicted octanol–water partition coefficient (Wildman–Crippen LogP) is 2.05. The van der Waals surface area contributed by atoms with Gasteiger partial charge in [0.1, 0.15) is 11.7 Å². The standard InChI is InChI=1S/C17H22N6O/c1-12(18)10-14(19)21-16-11-15(20-8-9-24-2)22-17(23-16)13-6-4-3-5-7-13/h3-7,10-11H,8-9,18H2,1-2H3,(H3,19,20,21,22,23)/b12-10-. The lowest BCUT2D eigenvalue weighted by atomic mass is 10.2. The molecule has 5 N–H and O–H groups in total. The second kappa shape index (κ2) is 8.64. The zero-order valence-electron chi connectivity index (χ0n) is 13.9. The largest absolute Gasteiger partial charge is 0.402 e. The molecule has 0 radical (unpaired) electrons. The molecule has 0 spiro atoms. The molecule has 0 aliphatic rings. The van der Waals surface area contributed by atoms with Gasteiger partial charge in [-0.3, -0.25) is 0 Å². The third-order valence-electron chi connectivity index (χ3n) is 2.98. The van der Waals surface area contributed by atoms with Crippen molar-refractivity contribution >= 4 is 17.5 Å². The molecule has 7 heteroatoms. The van der Waals surface area contributed by atoms with Crippen molar-refractivity contribution < 1.29 is 4.74 Å². The Balaban J connectivity index is 2.38. The van der Waals surface area contributed by atoms with Gasteiger partial charge in [-0.25, -0.2) is 15.0 Å². The first-order chi connectivity index (χ1) is 11.6. The molecule has 0 bridgehead atoms. The summed E-state index contributed by atoms with van der Waals surface area (Å²) in [5.41, 5.74) is 13.0. The molecule has 1 aromatic carbocycles. The lowest BCUT2D eigenvalue weighted by molar-refractivity contribution is 0.210. The summed E-state index contributed by atoms with van der Waals surface area (Å²) in [6, 6.07) is 11.4. The van der Waals surface area contributed by atoms with E-state index in [1.54, 1.807) is 26.2 Å². The average Bonchev–Trinajstić information content (AvgIpc) is 2.55. The van der Waals surface area contributed by atoms with Crippen LogP contribution >= 0.6 is 0 Å². The first kappa shape index (κ1) is 17.4. The van der Waals surface area contributed by atoms with Crippen LogP contribution in [0.4, 0.5) is 11.6 Å². The van der Waals surface area contributed by atoms with Gasteiger partial charge in [-0.05, 0) is 13.0 Å². The number of methoxy groups -OCH3 is 1. The quantitative estimate of drug-likeness (QED) is 0.408. The summed E-state index contributed by atoms with van der Waals surface area (Å²) in [6.45, 7) is 2.94. The maximum atomic E-state index is 5.86. The fourth-order valence-electron chi connectivity index (χ4n) is 1.98. The van der Waals surface area contributed by atoms with E-state index in [4.69, 9.17) is 16.2 Å². The Kier molecular flexibility index (Phi) is 6.27. The molecule has 0 atom stereocenters. The molecule has 1 heterocycles. The molecule has 0 fully saturated rings. The van der Waals surface area contributed by atoms with Gasteiger partial charge in [-0.15, -0.1) is 0 Å². The Labute approximate surface area is 141 Å². The molecule has 0 aliphatic heterocycles. The van der Waals surface area contributed by atoms with E-state index in [1.807, 2.05) is 30.3 Å². The van der Waals surface area contributed by atoms with Gasteiger partial charge in [0.2, 0.25) is 0 Å². The molecular weight excluding hydrogens is 304 g/mol. The van der Waals surface area contributed by atoms with E-state index in [0.717, 1.165) is 5.56 Å². The van der Waals surface area contributed by atoms with Gasteiger partial charge in [0.05, 0.1) is 6.61 Å². The van der Waals surface area contributed by atoms with E-state index in [0.29, 0.717) is 36.3 Å². The Hall–Kier alpha value is -2.93. The Morgan fingerprint density at radius 1 is 1.25 bits per heavy atom.